The van der Waals surface area contributed by atoms with Crippen molar-refractivity contribution in [3.05, 3.63) is 54.7 Å². The van der Waals surface area contributed by atoms with E-state index in [1.165, 1.54) is 25.7 Å². The molecule has 0 bridgehead atoms. The van der Waals surface area contributed by atoms with Crippen LogP contribution >= 0.6 is 0 Å². The second-order valence-corrected chi connectivity index (χ2v) is 9.71. The molecule has 4 aromatic rings. The fourth-order valence-corrected chi connectivity index (χ4v) is 5.57. The Hall–Kier alpha value is -3.48. The molecule has 174 valence electrons. The molecule has 6 rings (SSSR count). The molecule has 34 heavy (non-hydrogen) atoms. The smallest absolute Gasteiger partial charge is 0.227 e. The van der Waals surface area contributed by atoms with Gasteiger partial charge in [-0.25, -0.2) is 9.67 Å². The highest BCUT2D eigenvalue weighted by Gasteiger charge is 2.30. The fraction of sp³-hybridized carbons (Fsp3) is 0.407. The summed E-state index contributed by atoms with van der Waals surface area (Å²) in [6.45, 7) is 0. The van der Waals surface area contributed by atoms with Gasteiger partial charge in [0, 0.05) is 23.6 Å². The lowest BCUT2D eigenvalue weighted by molar-refractivity contribution is -0.122. The Balaban J connectivity index is 1.13. The molecule has 2 atom stereocenters. The third kappa shape index (κ3) is 4.22. The van der Waals surface area contributed by atoms with Crippen LogP contribution in [0.2, 0.25) is 0 Å². The third-order valence-electron chi connectivity index (χ3n) is 7.36. The van der Waals surface area contributed by atoms with Gasteiger partial charge in [-0.1, -0.05) is 42.3 Å². The number of para-hydroxylation sites is 2. The Morgan fingerprint density at radius 3 is 2.62 bits per heavy atom. The number of oxazole rings is 1. The van der Waals surface area contributed by atoms with E-state index in [2.05, 4.69) is 32.7 Å². The summed E-state index contributed by atoms with van der Waals surface area (Å²) in [6, 6.07) is 16.4. The summed E-state index contributed by atoms with van der Waals surface area (Å²) >= 11 is 0. The average Bonchev–Trinajstić information content (AvgIpc) is 3.65. The van der Waals surface area contributed by atoms with Crippen LogP contribution in [0.25, 0.3) is 33.8 Å². The zero-order chi connectivity index (χ0) is 22.9. The minimum absolute atomic E-state index is 0.214. The van der Waals surface area contributed by atoms with Crippen LogP contribution in [-0.2, 0) is 4.79 Å². The minimum Gasteiger partial charge on any atom is -0.436 e. The maximum Gasteiger partial charge on any atom is 0.227 e. The highest BCUT2D eigenvalue weighted by Crippen LogP contribution is 2.34. The first-order valence-corrected chi connectivity index (χ1v) is 12.4. The molecule has 2 aliphatic carbocycles. The molecule has 1 N–H and O–H groups in total. The molecular formula is C27H29N5O2. The van der Waals surface area contributed by atoms with Crippen molar-refractivity contribution in [2.24, 2.45) is 5.92 Å². The van der Waals surface area contributed by atoms with Crippen LogP contribution in [0.3, 0.4) is 0 Å². The molecule has 0 saturated heterocycles. The zero-order valence-corrected chi connectivity index (χ0v) is 19.2. The number of benzene rings is 2. The van der Waals surface area contributed by atoms with Crippen LogP contribution in [0.1, 0.15) is 57.4 Å². The number of nitrogens with one attached hydrogen (secondary N) is 1. The van der Waals surface area contributed by atoms with Gasteiger partial charge in [-0.05, 0) is 62.3 Å². The van der Waals surface area contributed by atoms with E-state index in [1.54, 1.807) is 0 Å². The van der Waals surface area contributed by atoms with E-state index in [4.69, 9.17) is 4.42 Å². The number of rotatable bonds is 6. The number of carbonyl (C=O) groups excluding carboxylic acids is 1. The number of hydrogen-bond acceptors (Lipinski definition) is 5. The Bertz CT molecular complexity index is 1250. The van der Waals surface area contributed by atoms with Gasteiger partial charge in [0.1, 0.15) is 5.52 Å². The van der Waals surface area contributed by atoms with Crippen molar-refractivity contribution >= 4 is 17.0 Å². The molecule has 0 spiro atoms. The predicted octanol–water partition coefficient (Wildman–Crippen LogP) is 5.54. The summed E-state index contributed by atoms with van der Waals surface area (Å²) in [4.78, 5) is 17.1. The van der Waals surface area contributed by atoms with E-state index in [9.17, 15) is 4.79 Å². The Morgan fingerprint density at radius 1 is 1.00 bits per heavy atom. The van der Waals surface area contributed by atoms with Crippen LogP contribution in [0.15, 0.2) is 59.1 Å². The number of aromatic nitrogens is 4. The molecule has 1 amide bonds. The first-order valence-electron chi connectivity index (χ1n) is 12.4. The fourth-order valence-electron chi connectivity index (χ4n) is 5.57. The number of carbonyl (C=O) groups is 1. The van der Waals surface area contributed by atoms with Crippen molar-refractivity contribution in [2.75, 3.05) is 0 Å². The predicted molar refractivity (Wildman–Crippen MR) is 130 cm³/mol. The minimum atomic E-state index is 0.214. The first-order chi connectivity index (χ1) is 16.7. The normalized spacial score (nSPS) is 20.8. The summed E-state index contributed by atoms with van der Waals surface area (Å²) in [7, 11) is 0. The first kappa shape index (κ1) is 21.1. The van der Waals surface area contributed by atoms with E-state index < -0.39 is 0 Å². The van der Waals surface area contributed by atoms with Gasteiger partial charge in [0.25, 0.3) is 0 Å². The van der Waals surface area contributed by atoms with Gasteiger partial charge in [0.15, 0.2) is 5.58 Å². The Labute approximate surface area is 198 Å². The lowest BCUT2D eigenvalue weighted by Gasteiger charge is -2.16. The summed E-state index contributed by atoms with van der Waals surface area (Å²) in [5, 5.41) is 11.9. The van der Waals surface area contributed by atoms with Crippen molar-refractivity contribution in [3.8, 4) is 22.7 Å². The second kappa shape index (κ2) is 9.05. The molecule has 0 radical (unpaired) electrons. The zero-order valence-electron chi connectivity index (χ0n) is 19.2. The lowest BCUT2D eigenvalue weighted by Crippen LogP contribution is -2.34. The van der Waals surface area contributed by atoms with Crippen LogP contribution in [-0.4, -0.2) is 31.9 Å². The van der Waals surface area contributed by atoms with Crippen molar-refractivity contribution in [1.82, 2.24) is 25.3 Å². The molecule has 0 unspecified atom stereocenters. The van der Waals surface area contributed by atoms with Gasteiger partial charge in [0.2, 0.25) is 11.8 Å². The molecular weight excluding hydrogens is 426 g/mol. The Kier molecular flexibility index (Phi) is 5.61. The average molecular weight is 456 g/mol. The van der Waals surface area contributed by atoms with E-state index in [-0.39, 0.29) is 18.0 Å². The van der Waals surface area contributed by atoms with Crippen LogP contribution in [0.4, 0.5) is 0 Å². The van der Waals surface area contributed by atoms with Gasteiger partial charge >= 0.3 is 0 Å². The summed E-state index contributed by atoms with van der Waals surface area (Å²) in [5.41, 5.74) is 4.63. The highest BCUT2D eigenvalue weighted by molar-refractivity contribution is 5.77. The van der Waals surface area contributed by atoms with E-state index >= 15 is 0 Å². The third-order valence-corrected chi connectivity index (χ3v) is 7.36. The highest BCUT2D eigenvalue weighted by atomic mass is 16.3. The molecule has 2 aromatic heterocycles. The van der Waals surface area contributed by atoms with E-state index in [0.29, 0.717) is 18.2 Å². The Morgan fingerprint density at radius 2 is 1.79 bits per heavy atom. The van der Waals surface area contributed by atoms with Gasteiger partial charge in [-0.3, -0.25) is 4.79 Å². The maximum atomic E-state index is 12.5. The van der Waals surface area contributed by atoms with E-state index in [0.717, 1.165) is 47.2 Å². The van der Waals surface area contributed by atoms with Crippen LogP contribution in [0.5, 0.6) is 0 Å². The molecule has 2 aliphatic rings. The second-order valence-electron chi connectivity index (χ2n) is 9.71. The van der Waals surface area contributed by atoms with Crippen molar-refractivity contribution < 1.29 is 9.21 Å². The molecule has 2 heterocycles. The molecule has 2 fully saturated rings. The van der Waals surface area contributed by atoms with Gasteiger partial charge < -0.3 is 9.73 Å². The number of hydrogen-bond donors (Lipinski definition) is 1. The van der Waals surface area contributed by atoms with Crippen LogP contribution < -0.4 is 5.32 Å². The van der Waals surface area contributed by atoms with Gasteiger partial charge in [0.05, 0.1) is 17.9 Å². The summed E-state index contributed by atoms with van der Waals surface area (Å²) in [5.74, 6) is 1.41. The number of nitrogens with zero attached hydrogens (tertiary/aromatic N) is 4. The SMILES string of the molecule is O=C(CC1CCCC1)N[C@H]1CC[C@@H](n2nncc2-c2ccc(-c3nc4ccccc4o3)cc2)C1. The summed E-state index contributed by atoms with van der Waals surface area (Å²) in [6.07, 6.45) is 10.3. The molecule has 7 heteroatoms. The number of fused-ring (bicyclic) bond motifs is 1. The van der Waals surface area contributed by atoms with Crippen molar-refractivity contribution in [3.63, 3.8) is 0 Å². The quantitative estimate of drug-likeness (QED) is 0.412. The standard InChI is InChI=1S/C27H29N5O2/c33-26(15-18-5-1-2-6-18)29-21-13-14-22(16-21)32-24(17-28-31-32)19-9-11-20(12-10-19)27-30-23-7-3-4-8-25(23)34-27/h3-4,7-12,17-18,21-22H,1-2,5-6,13-16H2,(H,29,33)/t21-,22+/m0/s1. The molecule has 7 nitrogen and oxygen atoms in total. The molecule has 2 aromatic carbocycles. The van der Waals surface area contributed by atoms with E-state index in [1.807, 2.05) is 47.3 Å². The molecule has 0 aliphatic heterocycles. The van der Waals surface area contributed by atoms with Gasteiger partial charge in [-0.15, -0.1) is 5.10 Å². The van der Waals surface area contributed by atoms with Crippen molar-refractivity contribution in [2.45, 2.75) is 63.5 Å². The molecule has 2 saturated carbocycles. The van der Waals surface area contributed by atoms with Crippen LogP contribution in [0, 0.1) is 5.92 Å². The maximum absolute atomic E-state index is 12.5. The number of amides is 1. The topological polar surface area (TPSA) is 85.8 Å². The largest absolute Gasteiger partial charge is 0.436 e. The monoisotopic (exact) mass is 455 g/mol. The van der Waals surface area contributed by atoms with Crippen molar-refractivity contribution in [1.29, 1.82) is 0 Å². The lowest BCUT2D eigenvalue weighted by atomic mass is 10.0. The summed E-state index contributed by atoms with van der Waals surface area (Å²) < 4.78 is 7.92. The van der Waals surface area contributed by atoms with Gasteiger partial charge in [-0.2, -0.15) is 0 Å².